The molecule has 0 fully saturated rings. The Hall–Kier alpha value is -2.48. The number of aromatic nitrogens is 2. The number of rotatable bonds is 28. The van der Waals surface area contributed by atoms with Gasteiger partial charge < -0.3 is 10.0 Å². The topological polar surface area (TPSA) is 84.5 Å². The van der Waals surface area contributed by atoms with E-state index in [-0.39, 0.29) is 22.7 Å². The molecule has 1 aliphatic heterocycles. The van der Waals surface area contributed by atoms with Gasteiger partial charge in [-0.25, -0.2) is 14.6 Å². The highest BCUT2D eigenvalue weighted by Crippen LogP contribution is 2.40. The average Bonchev–Trinajstić information content (AvgIpc) is 3.58. The van der Waals surface area contributed by atoms with Gasteiger partial charge in [-0.1, -0.05) is 142 Å². The summed E-state index contributed by atoms with van der Waals surface area (Å²) >= 11 is 1.45. The minimum absolute atomic E-state index is 0.141. The first-order valence-corrected chi connectivity index (χ1v) is 21.0. The van der Waals surface area contributed by atoms with Gasteiger partial charge in [0.1, 0.15) is 30.2 Å². The second-order valence-corrected chi connectivity index (χ2v) is 15.0. The summed E-state index contributed by atoms with van der Waals surface area (Å²) in [6.45, 7) is 12.7. The fourth-order valence-corrected chi connectivity index (χ4v) is 7.73. The number of hydrogen-bond acceptors (Lipinski definition) is 7. The van der Waals surface area contributed by atoms with E-state index in [1.165, 1.54) is 134 Å². The molecule has 0 saturated carbocycles. The van der Waals surface area contributed by atoms with Crippen molar-refractivity contribution < 1.29 is 14.5 Å². The van der Waals surface area contributed by atoms with Gasteiger partial charge >= 0.3 is 0 Å². The number of unbranched alkanes of at least 4 members (excludes halogenated alkanes) is 19. The Kier molecular flexibility index (Phi) is 20.6. The number of Topliss-reactive ketones (excluding diaryl/α,β-unsaturated/α-hetero) is 1. The monoisotopic (exact) mass is 694 g/mol. The normalized spacial score (nSPS) is 16.9. The molecule has 0 unspecified atom stereocenters. The molecule has 3 rings (SSSR count). The zero-order chi connectivity index (χ0) is 35.1. The van der Waals surface area contributed by atoms with Crippen LogP contribution in [0.25, 0.3) is 5.57 Å². The van der Waals surface area contributed by atoms with Gasteiger partial charge in [0, 0.05) is 42.4 Å². The molecular weight excluding hydrogens is 627 g/mol. The van der Waals surface area contributed by atoms with E-state index in [0.29, 0.717) is 10.7 Å². The smallest absolute Gasteiger partial charge is 0.259 e. The summed E-state index contributed by atoms with van der Waals surface area (Å²) in [5.41, 5.74) is 0.705. The molecule has 1 aliphatic carbocycles. The molecule has 1 aromatic rings. The Balaban J connectivity index is 1.55. The molecule has 2 aliphatic rings. The number of nitrogens with zero attached hydrogens (tertiary/aromatic N) is 5. The largest absolute Gasteiger partial charge is 0.871 e. The van der Waals surface area contributed by atoms with Crippen molar-refractivity contribution in [3.05, 3.63) is 34.4 Å². The summed E-state index contributed by atoms with van der Waals surface area (Å²) in [5, 5.41) is 14.8. The van der Waals surface area contributed by atoms with Gasteiger partial charge in [0.15, 0.2) is 5.78 Å². The van der Waals surface area contributed by atoms with E-state index >= 15 is 0 Å². The van der Waals surface area contributed by atoms with E-state index in [0.717, 1.165) is 56.3 Å². The van der Waals surface area contributed by atoms with Crippen LogP contribution in [0.5, 0.6) is 0 Å². The molecule has 0 saturated heterocycles. The quantitative estimate of drug-likeness (QED) is 0.0494. The fraction of sp³-hybridized carbons (Fsp3) is 0.732. The minimum atomic E-state index is -0.262. The Morgan fingerprint density at radius 1 is 0.653 bits per heavy atom. The molecular formula is C41H67N5O2S. The lowest BCUT2D eigenvalue weighted by Crippen LogP contribution is -2.31. The number of carbonyl (C=O) groups is 1. The van der Waals surface area contributed by atoms with Gasteiger partial charge in [0.05, 0.1) is 18.1 Å². The number of thioether (sulfide) groups is 1. The number of allylic oxidation sites excluding steroid dienone is 2. The van der Waals surface area contributed by atoms with E-state index < -0.39 is 0 Å². The predicted molar refractivity (Wildman–Crippen MR) is 209 cm³/mol. The molecule has 0 spiro atoms. The van der Waals surface area contributed by atoms with Crippen LogP contribution in [0.3, 0.4) is 0 Å². The van der Waals surface area contributed by atoms with Crippen LogP contribution in [-0.4, -0.2) is 57.8 Å². The average molecular weight is 694 g/mol. The lowest BCUT2D eigenvalue weighted by molar-refractivity contribution is -0.520. The van der Waals surface area contributed by atoms with Crippen LogP contribution < -0.4 is 10.0 Å². The van der Waals surface area contributed by atoms with Crippen LogP contribution in [0.15, 0.2) is 33.7 Å². The minimum Gasteiger partial charge on any atom is -0.871 e. The van der Waals surface area contributed by atoms with Crippen molar-refractivity contribution in [2.45, 2.75) is 169 Å². The van der Waals surface area contributed by atoms with E-state index in [9.17, 15) is 9.90 Å². The summed E-state index contributed by atoms with van der Waals surface area (Å²) in [6.07, 6.45) is 33.4. The molecule has 274 valence electrons. The summed E-state index contributed by atoms with van der Waals surface area (Å²) in [6, 6.07) is 0. The van der Waals surface area contributed by atoms with E-state index in [2.05, 4.69) is 47.1 Å². The van der Waals surface area contributed by atoms with Crippen LogP contribution in [-0.2, 0) is 4.79 Å². The number of ketones is 1. The van der Waals surface area contributed by atoms with Gasteiger partial charge in [-0.05, 0) is 26.2 Å². The highest BCUT2D eigenvalue weighted by Gasteiger charge is 2.35. The van der Waals surface area contributed by atoms with E-state index in [4.69, 9.17) is 4.98 Å². The molecule has 0 bridgehead atoms. The third kappa shape index (κ3) is 14.0. The van der Waals surface area contributed by atoms with Crippen LogP contribution in [0.4, 0.5) is 5.82 Å². The van der Waals surface area contributed by atoms with Crippen LogP contribution >= 0.6 is 11.8 Å². The molecule has 0 amide bonds. The maximum Gasteiger partial charge on any atom is 0.259 e. The van der Waals surface area contributed by atoms with Gasteiger partial charge in [0.2, 0.25) is 0 Å². The van der Waals surface area contributed by atoms with Gasteiger partial charge in [0.25, 0.3) is 5.04 Å². The molecule has 0 aromatic carbocycles. The highest BCUT2D eigenvalue weighted by molar-refractivity contribution is 8.19. The summed E-state index contributed by atoms with van der Waals surface area (Å²) in [4.78, 5) is 29.5. The number of hydrogen-bond donors (Lipinski definition) is 0. The number of carbonyl (C=O) groups excluding carboxylic acids is 1. The summed E-state index contributed by atoms with van der Waals surface area (Å²) in [5.74, 6) is 0.310. The second-order valence-electron chi connectivity index (χ2n) is 14.0. The molecule has 0 radical (unpaired) electrons. The van der Waals surface area contributed by atoms with Crippen molar-refractivity contribution in [2.75, 3.05) is 31.1 Å². The van der Waals surface area contributed by atoms with Crippen molar-refractivity contribution in [3.63, 3.8) is 0 Å². The standard InChI is InChI=1S/C41H67N5O2S/c1-5-9-12-15-18-19-20-21-24-25-28-45(8-4)36-33-44-41(49-36)38-39(47)37(40(38)48)34-31-43-35(32-42-34)46(29-26-22-16-13-10-6-2)30-27-23-17-14-11-7-3/h31-33H,5-30H2,1-4H3. The van der Waals surface area contributed by atoms with Crippen molar-refractivity contribution >= 4 is 40.2 Å². The predicted octanol–water partition coefficient (Wildman–Crippen LogP) is 10.0. The Bertz CT molecular complexity index is 1220. The molecule has 0 atom stereocenters. The maximum absolute atomic E-state index is 13.3. The second kappa shape index (κ2) is 24.6. The van der Waals surface area contributed by atoms with Crippen LogP contribution in [0, 0.1) is 0 Å². The lowest BCUT2D eigenvalue weighted by atomic mass is 9.87. The zero-order valence-electron chi connectivity index (χ0n) is 31.6. The fourth-order valence-electron chi connectivity index (χ4n) is 6.68. The lowest BCUT2D eigenvalue weighted by Gasteiger charge is -2.30. The molecule has 7 nitrogen and oxygen atoms in total. The Morgan fingerprint density at radius 2 is 1.16 bits per heavy atom. The summed E-state index contributed by atoms with van der Waals surface area (Å²) < 4.78 is 2.32. The molecule has 1 aromatic heterocycles. The van der Waals surface area contributed by atoms with Gasteiger partial charge in [-0.2, -0.15) is 0 Å². The SMILES string of the molecule is CCCCCCCCCCCC[N+](CC)=C1C=N/C(=C2/C(=O)C(c3cnc(N(CCCCCCCC)CCCCCCCC)cn3)=C2[O-])S1. The highest BCUT2D eigenvalue weighted by atomic mass is 32.2. The zero-order valence-corrected chi connectivity index (χ0v) is 32.4. The molecule has 49 heavy (non-hydrogen) atoms. The van der Waals surface area contributed by atoms with Crippen molar-refractivity contribution in [3.8, 4) is 0 Å². The van der Waals surface area contributed by atoms with Crippen molar-refractivity contribution in [1.82, 2.24) is 9.97 Å². The Morgan fingerprint density at radius 3 is 1.63 bits per heavy atom. The molecule has 0 N–H and O–H groups in total. The van der Waals surface area contributed by atoms with Crippen LogP contribution in [0.2, 0.25) is 0 Å². The van der Waals surface area contributed by atoms with Gasteiger partial charge in [-0.3, -0.25) is 9.78 Å². The van der Waals surface area contributed by atoms with Gasteiger partial charge in [-0.15, -0.1) is 0 Å². The first-order valence-electron chi connectivity index (χ1n) is 20.2. The first kappa shape index (κ1) is 40.9. The number of anilines is 1. The summed E-state index contributed by atoms with van der Waals surface area (Å²) in [7, 11) is 0. The first-order chi connectivity index (χ1) is 24.0. The third-order valence-corrected chi connectivity index (χ3v) is 10.9. The Labute approximate surface area is 303 Å². The van der Waals surface area contributed by atoms with Crippen LogP contribution in [0.1, 0.15) is 175 Å². The molecule has 2 heterocycles. The van der Waals surface area contributed by atoms with Crippen molar-refractivity contribution in [2.24, 2.45) is 4.99 Å². The molecule has 8 heteroatoms. The maximum atomic E-state index is 13.3. The van der Waals surface area contributed by atoms with E-state index in [1.54, 1.807) is 12.4 Å². The van der Waals surface area contributed by atoms with Crippen molar-refractivity contribution in [1.29, 1.82) is 0 Å². The number of aliphatic imine (C=N–C) groups is 1. The van der Waals surface area contributed by atoms with E-state index in [1.807, 2.05) is 6.21 Å². The third-order valence-electron chi connectivity index (χ3n) is 9.87.